The Morgan fingerprint density at radius 1 is 1.21 bits per heavy atom. The van der Waals surface area contributed by atoms with Gasteiger partial charge >= 0.3 is 0 Å². The van der Waals surface area contributed by atoms with Gasteiger partial charge < -0.3 is 14.6 Å². The molecule has 1 N–H and O–H groups in total. The first-order chi connectivity index (χ1) is 13.8. The molecule has 4 rings (SSSR count). The number of ether oxygens (including phenoxy) is 1. The predicted molar refractivity (Wildman–Crippen MR) is 109 cm³/mol. The van der Waals surface area contributed by atoms with E-state index in [0.717, 1.165) is 29.2 Å². The average Bonchev–Trinajstić information content (AvgIpc) is 3.46. The SMILES string of the molecule is O=C(CCCc1nc(-c2cccs2)no1)Nc1ccccc1OC1CCCC1. The van der Waals surface area contributed by atoms with Crippen molar-refractivity contribution < 1.29 is 14.1 Å². The molecule has 1 fully saturated rings. The van der Waals surface area contributed by atoms with Gasteiger partial charge in [0.25, 0.3) is 0 Å². The number of hydrogen-bond donors (Lipinski definition) is 1. The maximum Gasteiger partial charge on any atom is 0.226 e. The summed E-state index contributed by atoms with van der Waals surface area (Å²) in [4.78, 5) is 17.7. The van der Waals surface area contributed by atoms with Crippen LogP contribution >= 0.6 is 11.3 Å². The van der Waals surface area contributed by atoms with Crippen molar-refractivity contribution in [2.45, 2.75) is 51.0 Å². The molecule has 146 valence electrons. The highest BCUT2D eigenvalue weighted by atomic mass is 32.1. The summed E-state index contributed by atoms with van der Waals surface area (Å²) in [5.41, 5.74) is 0.733. The monoisotopic (exact) mass is 397 g/mol. The molecule has 1 aliphatic rings. The molecule has 6 nitrogen and oxygen atoms in total. The van der Waals surface area contributed by atoms with Gasteiger partial charge in [0.1, 0.15) is 5.75 Å². The molecule has 1 aliphatic carbocycles. The number of nitrogens with zero attached hydrogens (tertiary/aromatic N) is 2. The second-order valence-corrected chi connectivity index (χ2v) is 7.86. The van der Waals surface area contributed by atoms with Gasteiger partial charge in [-0.2, -0.15) is 4.98 Å². The Kier molecular flexibility index (Phi) is 6.01. The Bertz CT molecular complexity index is 901. The minimum Gasteiger partial charge on any atom is -0.488 e. The minimum absolute atomic E-state index is 0.0412. The number of anilines is 1. The van der Waals surface area contributed by atoms with Crippen LogP contribution in [0.25, 0.3) is 10.7 Å². The van der Waals surface area contributed by atoms with Gasteiger partial charge in [-0.25, -0.2) is 0 Å². The number of thiophene rings is 1. The van der Waals surface area contributed by atoms with E-state index in [4.69, 9.17) is 9.26 Å². The zero-order valence-electron chi connectivity index (χ0n) is 15.6. The molecule has 28 heavy (non-hydrogen) atoms. The van der Waals surface area contributed by atoms with Crippen molar-refractivity contribution in [3.63, 3.8) is 0 Å². The summed E-state index contributed by atoms with van der Waals surface area (Å²) in [6.45, 7) is 0. The Labute approximate surface area is 167 Å². The average molecular weight is 398 g/mol. The van der Waals surface area contributed by atoms with Crippen molar-refractivity contribution in [3.05, 3.63) is 47.7 Å². The van der Waals surface area contributed by atoms with Crippen molar-refractivity contribution in [2.24, 2.45) is 0 Å². The van der Waals surface area contributed by atoms with Crippen molar-refractivity contribution >= 4 is 22.9 Å². The second kappa shape index (κ2) is 9.01. The molecule has 0 atom stereocenters. The first-order valence-corrected chi connectivity index (χ1v) is 10.6. The van der Waals surface area contributed by atoms with Crippen LogP contribution in [0, 0.1) is 0 Å². The lowest BCUT2D eigenvalue weighted by atomic mass is 10.2. The van der Waals surface area contributed by atoms with E-state index in [2.05, 4.69) is 15.5 Å². The van der Waals surface area contributed by atoms with Crippen LogP contribution in [-0.2, 0) is 11.2 Å². The topological polar surface area (TPSA) is 77.2 Å². The maximum absolute atomic E-state index is 12.4. The Morgan fingerprint density at radius 3 is 2.89 bits per heavy atom. The van der Waals surface area contributed by atoms with Crippen LogP contribution in [0.5, 0.6) is 5.75 Å². The number of rotatable bonds is 8. The van der Waals surface area contributed by atoms with Gasteiger partial charge in [0, 0.05) is 12.8 Å². The summed E-state index contributed by atoms with van der Waals surface area (Å²) in [6.07, 6.45) is 6.45. The standard InChI is InChI=1S/C21H23N3O3S/c25-19(12-5-13-20-23-21(24-27-20)18-11-6-14-28-18)22-16-9-3-4-10-17(16)26-15-7-1-2-8-15/h3-4,6,9-11,14-15H,1-2,5,7-8,12-13H2,(H,22,25). The van der Waals surface area contributed by atoms with E-state index >= 15 is 0 Å². The van der Waals surface area contributed by atoms with Gasteiger partial charge in [-0.3, -0.25) is 4.79 Å². The van der Waals surface area contributed by atoms with E-state index in [1.54, 1.807) is 11.3 Å². The van der Waals surface area contributed by atoms with E-state index in [9.17, 15) is 4.79 Å². The quantitative estimate of drug-likeness (QED) is 0.573. The van der Waals surface area contributed by atoms with Crippen LogP contribution in [0.1, 0.15) is 44.4 Å². The van der Waals surface area contributed by atoms with Gasteiger partial charge in [0.2, 0.25) is 17.6 Å². The van der Waals surface area contributed by atoms with Crippen LogP contribution in [-0.4, -0.2) is 22.2 Å². The number of benzene rings is 1. The lowest BCUT2D eigenvalue weighted by Crippen LogP contribution is -2.15. The molecule has 0 radical (unpaired) electrons. The Morgan fingerprint density at radius 2 is 2.07 bits per heavy atom. The molecule has 1 saturated carbocycles. The number of hydrogen-bond acceptors (Lipinski definition) is 6. The van der Waals surface area contributed by atoms with Crippen molar-refractivity contribution in [2.75, 3.05) is 5.32 Å². The van der Waals surface area contributed by atoms with Crippen LogP contribution in [0.15, 0.2) is 46.3 Å². The lowest BCUT2D eigenvalue weighted by molar-refractivity contribution is -0.116. The van der Waals surface area contributed by atoms with Gasteiger partial charge in [-0.05, 0) is 55.7 Å². The molecule has 2 aromatic heterocycles. The second-order valence-electron chi connectivity index (χ2n) is 6.91. The number of aromatic nitrogens is 2. The fourth-order valence-corrected chi connectivity index (χ4v) is 3.98. The molecule has 0 spiro atoms. The third kappa shape index (κ3) is 4.78. The number of nitrogens with one attached hydrogen (secondary N) is 1. The Hall–Kier alpha value is -2.67. The molecule has 0 saturated heterocycles. The van der Waals surface area contributed by atoms with E-state index in [1.807, 2.05) is 41.8 Å². The normalized spacial score (nSPS) is 14.3. The van der Waals surface area contributed by atoms with Crippen LogP contribution in [0.2, 0.25) is 0 Å². The molecule has 2 heterocycles. The maximum atomic E-state index is 12.4. The molecule has 1 aromatic carbocycles. The smallest absolute Gasteiger partial charge is 0.226 e. The van der Waals surface area contributed by atoms with Crippen LogP contribution < -0.4 is 10.1 Å². The highest BCUT2D eigenvalue weighted by molar-refractivity contribution is 7.13. The van der Waals surface area contributed by atoms with E-state index in [1.165, 1.54) is 12.8 Å². The lowest BCUT2D eigenvalue weighted by Gasteiger charge is -2.16. The summed E-state index contributed by atoms with van der Waals surface area (Å²) in [7, 11) is 0. The highest BCUT2D eigenvalue weighted by Crippen LogP contribution is 2.30. The first kappa shape index (κ1) is 18.7. The molecular formula is C21H23N3O3S. The van der Waals surface area contributed by atoms with Crippen molar-refractivity contribution in [1.29, 1.82) is 0 Å². The first-order valence-electron chi connectivity index (χ1n) is 9.70. The zero-order valence-corrected chi connectivity index (χ0v) is 16.4. The fraction of sp³-hybridized carbons (Fsp3) is 0.381. The fourth-order valence-electron chi connectivity index (χ4n) is 3.33. The summed E-state index contributed by atoms with van der Waals surface area (Å²) >= 11 is 1.57. The zero-order chi connectivity index (χ0) is 19.2. The summed E-state index contributed by atoms with van der Waals surface area (Å²) < 4.78 is 11.3. The van der Waals surface area contributed by atoms with Gasteiger partial charge in [0.05, 0.1) is 16.7 Å². The predicted octanol–water partition coefficient (Wildman–Crippen LogP) is 5.08. The third-order valence-corrected chi connectivity index (χ3v) is 5.63. The van der Waals surface area contributed by atoms with Crippen molar-refractivity contribution in [3.8, 4) is 16.5 Å². The number of para-hydroxylation sites is 2. The molecule has 7 heteroatoms. The van der Waals surface area contributed by atoms with Crippen LogP contribution in [0.4, 0.5) is 5.69 Å². The number of carbonyl (C=O) groups is 1. The summed E-state index contributed by atoms with van der Waals surface area (Å²) in [5, 5.41) is 8.94. The highest BCUT2D eigenvalue weighted by Gasteiger charge is 2.18. The Balaban J connectivity index is 1.27. The molecule has 0 aliphatic heterocycles. The van der Waals surface area contributed by atoms with Crippen LogP contribution in [0.3, 0.4) is 0 Å². The minimum atomic E-state index is -0.0412. The molecular weight excluding hydrogens is 374 g/mol. The van der Waals surface area contributed by atoms with Gasteiger partial charge in [-0.1, -0.05) is 23.4 Å². The van der Waals surface area contributed by atoms with Crippen molar-refractivity contribution in [1.82, 2.24) is 10.1 Å². The number of carbonyl (C=O) groups excluding carboxylic acids is 1. The van der Waals surface area contributed by atoms with E-state index in [-0.39, 0.29) is 12.0 Å². The number of aryl methyl sites for hydroxylation is 1. The third-order valence-electron chi connectivity index (χ3n) is 4.76. The molecule has 0 bridgehead atoms. The largest absolute Gasteiger partial charge is 0.488 e. The van der Waals surface area contributed by atoms with Gasteiger partial charge in [0.15, 0.2) is 0 Å². The molecule has 0 unspecified atom stereocenters. The summed E-state index contributed by atoms with van der Waals surface area (Å²) in [5.74, 6) is 1.87. The molecule has 3 aromatic rings. The molecule has 1 amide bonds. The number of amides is 1. The van der Waals surface area contributed by atoms with E-state index in [0.29, 0.717) is 31.0 Å². The van der Waals surface area contributed by atoms with Gasteiger partial charge in [-0.15, -0.1) is 11.3 Å². The summed E-state index contributed by atoms with van der Waals surface area (Å²) in [6, 6.07) is 11.5. The van der Waals surface area contributed by atoms with E-state index < -0.39 is 0 Å².